The first kappa shape index (κ1) is 11.4. The predicted molar refractivity (Wildman–Crippen MR) is 49.5 cm³/mol. The molecular weight excluding hydrogens is 206 g/mol. The molecule has 1 aromatic rings. The molecule has 3 nitrogen and oxygen atoms in total. The van der Waals surface area contributed by atoms with Gasteiger partial charge in [-0.2, -0.15) is 8.78 Å². The van der Waals surface area contributed by atoms with Gasteiger partial charge in [0, 0.05) is 0 Å². The van der Waals surface area contributed by atoms with Crippen LogP contribution in [0.25, 0.3) is 0 Å². The van der Waals surface area contributed by atoms with Crippen LogP contribution in [0.1, 0.15) is 21.5 Å². The van der Waals surface area contributed by atoms with E-state index in [0.717, 1.165) is 0 Å². The molecule has 0 unspecified atom stereocenters. The van der Waals surface area contributed by atoms with Crippen LogP contribution in [0.15, 0.2) is 12.1 Å². The first-order valence-corrected chi connectivity index (χ1v) is 4.21. The summed E-state index contributed by atoms with van der Waals surface area (Å²) in [5.74, 6) is -1.55. The third-order valence-electron chi connectivity index (χ3n) is 2.11. The number of hydrogen-bond acceptors (Lipinski definition) is 2. The lowest BCUT2D eigenvalue weighted by molar-refractivity contribution is -0.0508. The van der Waals surface area contributed by atoms with Crippen LogP contribution < -0.4 is 4.74 Å². The van der Waals surface area contributed by atoms with Crippen molar-refractivity contribution >= 4 is 5.97 Å². The van der Waals surface area contributed by atoms with Crippen molar-refractivity contribution in [2.75, 3.05) is 0 Å². The van der Waals surface area contributed by atoms with Crippen molar-refractivity contribution in [2.45, 2.75) is 20.5 Å². The molecule has 0 spiro atoms. The molecule has 0 saturated heterocycles. The third kappa shape index (κ3) is 2.43. The molecule has 0 aliphatic heterocycles. The molecule has 5 heteroatoms. The minimum absolute atomic E-state index is 0.251. The summed E-state index contributed by atoms with van der Waals surface area (Å²) in [6.07, 6.45) is 0. The highest BCUT2D eigenvalue weighted by atomic mass is 19.3. The van der Waals surface area contributed by atoms with Gasteiger partial charge in [-0.1, -0.05) is 6.07 Å². The summed E-state index contributed by atoms with van der Waals surface area (Å²) < 4.78 is 28.3. The maximum Gasteiger partial charge on any atom is 0.387 e. The molecule has 0 radical (unpaired) electrons. The molecule has 0 aromatic heterocycles. The highest BCUT2D eigenvalue weighted by molar-refractivity contribution is 5.91. The van der Waals surface area contributed by atoms with E-state index in [-0.39, 0.29) is 11.3 Å². The van der Waals surface area contributed by atoms with Crippen LogP contribution in [0, 0.1) is 13.8 Å². The number of alkyl halides is 2. The number of carboxylic acid groups (broad SMARTS) is 1. The van der Waals surface area contributed by atoms with E-state index in [1.54, 1.807) is 19.9 Å². The lowest BCUT2D eigenvalue weighted by Crippen LogP contribution is -2.09. The Kier molecular flexibility index (Phi) is 3.24. The Hall–Kier alpha value is -1.65. The summed E-state index contributed by atoms with van der Waals surface area (Å²) in [6, 6.07) is 2.81. The topological polar surface area (TPSA) is 46.5 Å². The average Bonchev–Trinajstić information content (AvgIpc) is 2.12. The van der Waals surface area contributed by atoms with Gasteiger partial charge in [-0.15, -0.1) is 0 Å². The van der Waals surface area contributed by atoms with Crippen LogP contribution >= 0.6 is 0 Å². The van der Waals surface area contributed by atoms with E-state index in [1.807, 2.05) is 0 Å². The molecule has 0 aliphatic rings. The van der Waals surface area contributed by atoms with Crippen molar-refractivity contribution in [3.63, 3.8) is 0 Å². The Morgan fingerprint density at radius 2 is 2.00 bits per heavy atom. The van der Waals surface area contributed by atoms with Crippen molar-refractivity contribution in [3.05, 3.63) is 28.8 Å². The van der Waals surface area contributed by atoms with Crippen LogP contribution in [0.4, 0.5) is 8.78 Å². The van der Waals surface area contributed by atoms with E-state index in [1.165, 1.54) is 6.07 Å². The van der Waals surface area contributed by atoms with E-state index in [2.05, 4.69) is 4.74 Å². The number of rotatable bonds is 3. The maximum atomic E-state index is 12.1. The Morgan fingerprint density at radius 1 is 1.40 bits per heavy atom. The smallest absolute Gasteiger partial charge is 0.387 e. The second kappa shape index (κ2) is 4.25. The van der Waals surface area contributed by atoms with Gasteiger partial charge in [0.1, 0.15) is 11.3 Å². The number of aryl methyl sites for hydroxylation is 1. The fourth-order valence-corrected chi connectivity index (χ4v) is 1.20. The van der Waals surface area contributed by atoms with Gasteiger partial charge in [0.2, 0.25) is 0 Å². The van der Waals surface area contributed by atoms with Crippen LogP contribution in [-0.2, 0) is 0 Å². The summed E-state index contributed by atoms with van der Waals surface area (Å²) in [5, 5.41) is 8.77. The van der Waals surface area contributed by atoms with Crippen LogP contribution in [0.5, 0.6) is 5.75 Å². The van der Waals surface area contributed by atoms with Crippen molar-refractivity contribution in [1.29, 1.82) is 0 Å². The first-order valence-electron chi connectivity index (χ1n) is 4.21. The number of halogens is 2. The molecule has 0 aliphatic carbocycles. The van der Waals surface area contributed by atoms with Crippen LogP contribution in [0.3, 0.4) is 0 Å². The molecular formula is C10H10F2O3. The molecule has 0 saturated carbocycles. The van der Waals surface area contributed by atoms with E-state index < -0.39 is 12.6 Å². The van der Waals surface area contributed by atoms with Gasteiger partial charge in [-0.05, 0) is 31.0 Å². The van der Waals surface area contributed by atoms with Gasteiger partial charge in [0.25, 0.3) is 0 Å². The van der Waals surface area contributed by atoms with Crippen molar-refractivity contribution < 1.29 is 23.4 Å². The van der Waals surface area contributed by atoms with E-state index in [9.17, 15) is 13.6 Å². The fourth-order valence-electron chi connectivity index (χ4n) is 1.20. The van der Waals surface area contributed by atoms with Crippen molar-refractivity contribution in [2.24, 2.45) is 0 Å². The Balaban J connectivity index is 3.28. The van der Waals surface area contributed by atoms with E-state index >= 15 is 0 Å². The summed E-state index contributed by atoms with van der Waals surface area (Å²) in [7, 11) is 0. The van der Waals surface area contributed by atoms with Gasteiger partial charge < -0.3 is 9.84 Å². The number of carboxylic acids is 1. The lowest BCUT2D eigenvalue weighted by Gasteiger charge is -2.12. The normalized spacial score (nSPS) is 10.5. The lowest BCUT2D eigenvalue weighted by atomic mass is 10.0. The van der Waals surface area contributed by atoms with Crippen molar-refractivity contribution in [1.82, 2.24) is 0 Å². The van der Waals surface area contributed by atoms with Crippen LogP contribution in [0.2, 0.25) is 0 Å². The van der Waals surface area contributed by atoms with Crippen molar-refractivity contribution in [3.8, 4) is 5.75 Å². The number of aromatic carboxylic acids is 1. The molecule has 1 aromatic carbocycles. The molecule has 0 bridgehead atoms. The molecule has 0 amide bonds. The minimum Gasteiger partial charge on any atom is -0.478 e. The Labute approximate surface area is 85.3 Å². The zero-order valence-electron chi connectivity index (χ0n) is 8.25. The summed E-state index contributed by atoms with van der Waals surface area (Å²) in [6.45, 7) is 0.210. The molecule has 15 heavy (non-hydrogen) atoms. The van der Waals surface area contributed by atoms with E-state index in [0.29, 0.717) is 11.1 Å². The zero-order valence-corrected chi connectivity index (χ0v) is 8.25. The SMILES string of the molecule is Cc1ccc(C(=O)O)c(OC(F)F)c1C. The number of hydrogen-bond donors (Lipinski definition) is 1. The number of ether oxygens (including phenoxy) is 1. The molecule has 1 N–H and O–H groups in total. The zero-order chi connectivity index (χ0) is 11.6. The second-order valence-corrected chi connectivity index (χ2v) is 3.07. The Morgan fingerprint density at radius 3 is 2.47 bits per heavy atom. The van der Waals surface area contributed by atoms with Gasteiger partial charge in [0.05, 0.1) is 0 Å². The van der Waals surface area contributed by atoms with Gasteiger partial charge in [-0.25, -0.2) is 4.79 Å². The summed E-state index contributed by atoms with van der Waals surface area (Å²) in [4.78, 5) is 10.7. The van der Waals surface area contributed by atoms with Gasteiger partial charge in [0.15, 0.2) is 0 Å². The average molecular weight is 216 g/mol. The predicted octanol–water partition coefficient (Wildman–Crippen LogP) is 2.60. The monoisotopic (exact) mass is 216 g/mol. The summed E-state index contributed by atoms with van der Waals surface area (Å²) >= 11 is 0. The Bertz CT molecular complexity index is 388. The fraction of sp³-hybridized carbons (Fsp3) is 0.300. The standard InChI is InChI=1S/C10H10F2O3/c1-5-3-4-7(9(13)14)8(6(5)2)15-10(11)12/h3-4,10H,1-2H3,(H,13,14). The number of carbonyl (C=O) groups is 1. The van der Waals surface area contributed by atoms with Gasteiger partial charge >= 0.3 is 12.6 Å². The first-order chi connectivity index (χ1) is 6.93. The molecule has 82 valence electrons. The molecule has 0 heterocycles. The maximum absolute atomic E-state index is 12.1. The van der Waals surface area contributed by atoms with E-state index in [4.69, 9.17) is 5.11 Å². The number of benzene rings is 1. The molecule has 0 atom stereocenters. The van der Waals surface area contributed by atoms with Crippen LogP contribution in [-0.4, -0.2) is 17.7 Å². The minimum atomic E-state index is -3.02. The second-order valence-electron chi connectivity index (χ2n) is 3.07. The molecule has 0 fully saturated rings. The highest BCUT2D eigenvalue weighted by Gasteiger charge is 2.18. The quantitative estimate of drug-likeness (QED) is 0.844. The summed E-state index contributed by atoms with van der Waals surface area (Å²) in [5.41, 5.74) is 0.865. The highest BCUT2D eigenvalue weighted by Crippen LogP contribution is 2.27. The largest absolute Gasteiger partial charge is 0.478 e. The third-order valence-corrected chi connectivity index (χ3v) is 2.11. The van der Waals surface area contributed by atoms with Gasteiger partial charge in [-0.3, -0.25) is 0 Å². The molecule has 1 rings (SSSR count).